The Balaban J connectivity index is 2.90. The Labute approximate surface area is 80.1 Å². The number of nitrogens with two attached hydrogens (primary N) is 1. The van der Waals surface area contributed by atoms with E-state index in [-0.39, 0.29) is 17.2 Å². The van der Waals surface area contributed by atoms with Crippen molar-refractivity contribution in [2.24, 2.45) is 23.0 Å². The van der Waals surface area contributed by atoms with Crippen molar-refractivity contribution in [1.82, 2.24) is 5.32 Å². The minimum atomic E-state index is -0.152. The maximum atomic E-state index is 11.3. The summed E-state index contributed by atoms with van der Waals surface area (Å²) < 4.78 is 0. The Morgan fingerprint density at radius 2 is 2.31 bits per heavy atom. The first kappa shape index (κ1) is 10.5. The zero-order chi connectivity index (χ0) is 10.1. The molecule has 1 saturated heterocycles. The number of carbonyl (C=O) groups excluding carboxylic acids is 1. The fourth-order valence-corrected chi connectivity index (χ4v) is 2.55. The van der Waals surface area contributed by atoms with Gasteiger partial charge in [0.1, 0.15) is 0 Å². The van der Waals surface area contributed by atoms with Crippen LogP contribution in [0.5, 0.6) is 0 Å². The van der Waals surface area contributed by atoms with Gasteiger partial charge >= 0.3 is 0 Å². The number of amides is 1. The monoisotopic (exact) mass is 184 g/mol. The van der Waals surface area contributed by atoms with Crippen molar-refractivity contribution in [2.75, 3.05) is 13.1 Å². The minimum Gasteiger partial charge on any atom is -0.369 e. The summed E-state index contributed by atoms with van der Waals surface area (Å²) in [5, 5.41) is 3.28. The van der Waals surface area contributed by atoms with E-state index in [0.29, 0.717) is 5.92 Å². The van der Waals surface area contributed by atoms with Crippen LogP contribution in [0, 0.1) is 17.3 Å². The van der Waals surface area contributed by atoms with E-state index in [0.717, 1.165) is 19.5 Å². The summed E-state index contributed by atoms with van der Waals surface area (Å²) >= 11 is 0. The Bertz CT molecular complexity index is 203. The lowest BCUT2D eigenvalue weighted by Gasteiger charge is -2.36. The first-order valence-corrected chi connectivity index (χ1v) is 5.04. The second kappa shape index (κ2) is 3.66. The van der Waals surface area contributed by atoms with Gasteiger partial charge in [0.15, 0.2) is 0 Å². The molecule has 1 fully saturated rings. The lowest BCUT2D eigenvalue weighted by molar-refractivity contribution is -0.125. The Hall–Kier alpha value is -0.570. The van der Waals surface area contributed by atoms with Crippen molar-refractivity contribution < 1.29 is 4.79 Å². The molecule has 13 heavy (non-hydrogen) atoms. The standard InChI is InChI=1S/C10H20N2O/c1-4-10(7(2)3)6-12-5-8(10)9(11)13/h7-8,12H,4-6H2,1-3H3,(H2,11,13). The maximum Gasteiger partial charge on any atom is 0.222 e. The zero-order valence-corrected chi connectivity index (χ0v) is 8.76. The van der Waals surface area contributed by atoms with Gasteiger partial charge in [0, 0.05) is 13.1 Å². The highest BCUT2D eigenvalue weighted by Crippen LogP contribution is 2.41. The molecular formula is C10H20N2O. The molecule has 0 aliphatic carbocycles. The molecule has 3 nitrogen and oxygen atoms in total. The van der Waals surface area contributed by atoms with Crippen molar-refractivity contribution in [3.05, 3.63) is 0 Å². The third kappa shape index (κ3) is 1.57. The van der Waals surface area contributed by atoms with E-state index in [1.54, 1.807) is 0 Å². The minimum absolute atomic E-state index is 0.0116. The number of hydrogen-bond acceptors (Lipinski definition) is 2. The average Bonchev–Trinajstić information content (AvgIpc) is 2.48. The Morgan fingerprint density at radius 1 is 1.69 bits per heavy atom. The van der Waals surface area contributed by atoms with Crippen molar-refractivity contribution in [3.63, 3.8) is 0 Å². The second-order valence-electron chi connectivity index (χ2n) is 4.33. The van der Waals surface area contributed by atoms with Crippen LogP contribution < -0.4 is 11.1 Å². The van der Waals surface area contributed by atoms with Crippen LogP contribution in [-0.4, -0.2) is 19.0 Å². The average molecular weight is 184 g/mol. The fourth-order valence-electron chi connectivity index (χ4n) is 2.55. The molecule has 76 valence electrons. The third-order valence-corrected chi connectivity index (χ3v) is 3.65. The molecule has 0 aromatic heterocycles. The molecule has 0 spiro atoms. The first-order chi connectivity index (χ1) is 6.04. The summed E-state index contributed by atoms with van der Waals surface area (Å²) in [5.41, 5.74) is 5.50. The van der Waals surface area contributed by atoms with Crippen LogP contribution in [0.3, 0.4) is 0 Å². The third-order valence-electron chi connectivity index (χ3n) is 3.65. The molecule has 1 heterocycles. The second-order valence-corrected chi connectivity index (χ2v) is 4.33. The number of carbonyl (C=O) groups is 1. The van der Waals surface area contributed by atoms with E-state index in [4.69, 9.17) is 5.73 Å². The number of primary amides is 1. The molecule has 1 amide bonds. The quantitative estimate of drug-likeness (QED) is 0.680. The van der Waals surface area contributed by atoms with Crippen LogP contribution in [0.4, 0.5) is 0 Å². The molecule has 0 saturated carbocycles. The predicted octanol–water partition coefficient (Wildman–Crippen LogP) is 0.744. The van der Waals surface area contributed by atoms with Gasteiger partial charge in [0.2, 0.25) is 5.91 Å². The maximum absolute atomic E-state index is 11.3. The van der Waals surface area contributed by atoms with Gasteiger partial charge < -0.3 is 11.1 Å². The van der Waals surface area contributed by atoms with E-state index in [2.05, 4.69) is 26.1 Å². The molecule has 0 bridgehead atoms. The van der Waals surface area contributed by atoms with Crippen molar-refractivity contribution in [1.29, 1.82) is 0 Å². The Kier molecular flexibility index (Phi) is 2.96. The number of rotatable bonds is 3. The van der Waals surface area contributed by atoms with Crippen molar-refractivity contribution in [2.45, 2.75) is 27.2 Å². The van der Waals surface area contributed by atoms with Crippen molar-refractivity contribution >= 4 is 5.91 Å². The SMILES string of the molecule is CCC1(C(C)C)CNCC1C(N)=O. The molecule has 3 heteroatoms. The fraction of sp³-hybridized carbons (Fsp3) is 0.900. The Morgan fingerprint density at radius 3 is 2.62 bits per heavy atom. The van der Waals surface area contributed by atoms with Gasteiger partial charge in [0.05, 0.1) is 5.92 Å². The predicted molar refractivity (Wildman–Crippen MR) is 53.1 cm³/mol. The largest absolute Gasteiger partial charge is 0.369 e. The highest BCUT2D eigenvalue weighted by molar-refractivity contribution is 5.78. The van der Waals surface area contributed by atoms with E-state index in [1.807, 2.05) is 0 Å². The van der Waals surface area contributed by atoms with E-state index in [9.17, 15) is 4.79 Å². The number of nitrogens with one attached hydrogen (secondary N) is 1. The lowest BCUT2D eigenvalue weighted by Crippen LogP contribution is -2.41. The smallest absolute Gasteiger partial charge is 0.222 e. The first-order valence-electron chi connectivity index (χ1n) is 5.04. The summed E-state index contributed by atoms with van der Waals surface area (Å²) in [6.07, 6.45) is 1.02. The molecule has 0 radical (unpaired) electrons. The van der Waals surface area contributed by atoms with Crippen LogP contribution in [0.25, 0.3) is 0 Å². The highest BCUT2D eigenvalue weighted by atomic mass is 16.1. The molecule has 1 aliphatic rings. The summed E-state index contributed by atoms with van der Waals surface area (Å²) in [4.78, 5) is 11.3. The van der Waals surface area contributed by atoms with Crippen LogP contribution >= 0.6 is 0 Å². The molecule has 2 atom stereocenters. The molecular weight excluding hydrogens is 164 g/mol. The van der Waals surface area contributed by atoms with Gasteiger partial charge in [-0.2, -0.15) is 0 Å². The summed E-state index contributed by atoms with van der Waals surface area (Å²) in [6, 6.07) is 0. The van der Waals surface area contributed by atoms with Gasteiger partial charge in [0.25, 0.3) is 0 Å². The number of hydrogen-bond donors (Lipinski definition) is 2. The molecule has 0 aromatic carbocycles. The van der Waals surface area contributed by atoms with Crippen LogP contribution in [0.1, 0.15) is 27.2 Å². The van der Waals surface area contributed by atoms with Crippen molar-refractivity contribution in [3.8, 4) is 0 Å². The molecule has 0 aromatic rings. The topological polar surface area (TPSA) is 55.1 Å². The summed E-state index contributed by atoms with van der Waals surface area (Å²) in [6.45, 7) is 8.16. The summed E-state index contributed by atoms with van der Waals surface area (Å²) in [5.74, 6) is 0.364. The van der Waals surface area contributed by atoms with E-state index in [1.165, 1.54) is 0 Å². The zero-order valence-electron chi connectivity index (χ0n) is 8.76. The van der Waals surface area contributed by atoms with Gasteiger partial charge in [-0.3, -0.25) is 4.79 Å². The van der Waals surface area contributed by atoms with Crippen LogP contribution in [0.15, 0.2) is 0 Å². The van der Waals surface area contributed by atoms with E-state index >= 15 is 0 Å². The molecule has 2 unspecified atom stereocenters. The molecule has 3 N–H and O–H groups in total. The van der Waals surface area contributed by atoms with E-state index < -0.39 is 0 Å². The van der Waals surface area contributed by atoms with Gasteiger partial charge in [-0.05, 0) is 17.8 Å². The molecule has 1 rings (SSSR count). The molecule has 1 aliphatic heterocycles. The van der Waals surface area contributed by atoms with Gasteiger partial charge in [-0.15, -0.1) is 0 Å². The highest BCUT2D eigenvalue weighted by Gasteiger charge is 2.46. The van der Waals surface area contributed by atoms with Crippen LogP contribution in [-0.2, 0) is 4.79 Å². The van der Waals surface area contributed by atoms with Gasteiger partial charge in [-0.1, -0.05) is 20.8 Å². The van der Waals surface area contributed by atoms with Gasteiger partial charge in [-0.25, -0.2) is 0 Å². The lowest BCUT2D eigenvalue weighted by atomic mass is 9.68. The van der Waals surface area contributed by atoms with Crippen LogP contribution in [0.2, 0.25) is 0 Å². The summed E-state index contributed by atoms with van der Waals surface area (Å²) in [7, 11) is 0. The normalized spacial score (nSPS) is 34.0.